The van der Waals surface area contributed by atoms with Gasteiger partial charge in [-0.25, -0.2) is 13.6 Å². The Kier molecular flexibility index (Phi) is 5.55. The molecular formula is C17H21F2N3O3S. The zero-order valence-corrected chi connectivity index (χ0v) is 15.2. The summed E-state index contributed by atoms with van der Waals surface area (Å²) in [5.74, 6) is -1.32. The lowest BCUT2D eigenvalue weighted by Gasteiger charge is -2.24. The molecule has 0 spiro atoms. The zero-order chi connectivity index (χ0) is 18.8. The van der Waals surface area contributed by atoms with Crippen LogP contribution in [-0.4, -0.2) is 32.8 Å². The minimum absolute atomic E-state index is 0.213. The highest BCUT2D eigenvalue weighted by Crippen LogP contribution is 2.33. The Morgan fingerprint density at radius 3 is 2.69 bits per heavy atom. The molecule has 0 aromatic carbocycles. The predicted molar refractivity (Wildman–Crippen MR) is 93.6 cm³/mol. The first kappa shape index (κ1) is 18.8. The fourth-order valence-electron chi connectivity index (χ4n) is 3.55. The van der Waals surface area contributed by atoms with Crippen molar-refractivity contribution >= 4 is 33.4 Å². The van der Waals surface area contributed by atoms with Crippen molar-refractivity contribution in [3.05, 3.63) is 16.6 Å². The molecule has 26 heavy (non-hydrogen) atoms. The number of rotatable bonds is 6. The SMILES string of the molecule is Cn1nc(C(F)F)c2cc(C(=O)N[C@@H](CC3CCCCC3)C(=O)O)sc21. The van der Waals surface area contributed by atoms with Crippen molar-refractivity contribution in [2.24, 2.45) is 13.0 Å². The van der Waals surface area contributed by atoms with Crippen LogP contribution in [0.1, 0.15) is 60.3 Å². The fourth-order valence-corrected chi connectivity index (χ4v) is 4.53. The van der Waals surface area contributed by atoms with Gasteiger partial charge in [-0.2, -0.15) is 5.10 Å². The van der Waals surface area contributed by atoms with E-state index in [1.807, 2.05) is 0 Å². The lowest BCUT2D eigenvalue weighted by molar-refractivity contribution is -0.139. The molecule has 1 saturated carbocycles. The van der Waals surface area contributed by atoms with Gasteiger partial charge in [0.15, 0.2) is 0 Å². The Hall–Kier alpha value is -2.03. The minimum atomic E-state index is -2.73. The molecule has 0 saturated heterocycles. The minimum Gasteiger partial charge on any atom is -0.480 e. The summed E-state index contributed by atoms with van der Waals surface area (Å²) in [5, 5.41) is 16.0. The van der Waals surface area contributed by atoms with Crippen LogP contribution < -0.4 is 5.32 Å². The first-order valence-electron chi connectivity index (χ1n) is 8.65. The molecule has 0 bridgehead atoms. The number of carboxylic acid groups (broad SMARTS) is 1. The number of nitrogens with one attached hydrogen (secondary N) is 1. The van der Waals surface area contributed by atoms with E-state index in [1.165, 1.54) is 24.2 Å². The second-order valence-corrected chi connectivity index (χ2v) is 7.77. The number of thiophene rings is 1. The summed E-state index contributed by atoms with van der Waals surface area (Å²) in [6.07, 6.45) is 2.97. The Labute approximate surface area is 153 Å². The molecule has 142 valence electrons. The molecule has 1 atom stereocenters. The Morgan fingerprint density at radius 1 is 1.38 bits per heavy atom. The number of fused-ring (bicyclic) bond motifs is 1. The molecule has 2 aromatic heterocycles. The van der Waals surface area contributed by atoms with Gasteiger partial charge in [0.1, 0.15) is 16.6 Å². The van der Waals surface area contributed by atoms with Gasteiger partial charge in [-0.3, -0.25) is 9.48 Å². The number of aliphatic carboxylic acids is 1. The van der Waals surface area contributed by atoms with Gasteiger partial charge in [-0.1, -0.05) is 32.1 Å². The van der Waals surface area contributed by atoms with Crippen molar-refractivity contribution in [2.45, 2.75) is 51.0 Å². The highest BCUT2D eigenvalue weighted by molar-refractivity contribution is 7.20. The summed E-state index contributed by atoms with van der Waals surface area (Å²) < 4.78 is 27.4. The molecule has 2 heterocycles. The third-order valence-corrected chi connectivity index (χ3v) is 6.07. The van der Waals surface area contributed by atoms with E-state index in [1.54, 1.807) is 0 Å². The van der Waals surface area contributed by atoms with Crippen molar-refractivity contribution in [1.82, 2.24) is 15.1 Å². The zero-order valence-electron chi connectivity index (χ0n) is 14.4. The van der Waals surface area contributed by atoms with Gasteiger partial charge in [0.05, 0.1) is 4.88 Å². The summed E-state index contributed by atoms with van der Waals surface area (Å²) in [5.41, 5.74) is -0.366. The number of aryl methyl sites for hydroxylation is 1. The second-order valence-electron chi connectivity index (χ2n) is 6.74. The lowest BCUT2D eigenvalue weighted by atomic mass is 9.85. The van der Waals surface area contributed by atoms with E-state index in [2.05, 4.69) is 10.4 Å². The van der Waals surface area contributed by atoms with Crippen molar-refractivity contribution in [2.75, 3.05) is 0 Å². The maximum atomic E-state index is 13.0. The molecule has 0 aliphatic heterocycles. The summed E-state index contributed by atoms with van der Waals surface area (Å²) in [4.78, 5) is 24.7. The fraction of sp³-hybridized carbons (Fsp3) is 0.588. The van der Waals surface area contributed by atoms with Gasteiger partial charge in [0, 0.05) is 12.4 Å². The van der Waals surface area contributed by atoms with E-state index in [0.29, 0.717) is 17.2 Å². The standard InChI is InChI=1S/C17H21F2N3O3S/c1-22-16-10(13(21-22)14(18)19)8-12(26-16)15(23)20-11(17(24)25)7-9-5-3-2-4-6-9/h8-9,11,14H,2-7H2,1H3,(H,20,23)(H,24,25)/t11-/m0/s1. The van der Waals surface area contributed by atoms with Gasteiger partial charge >= 0.3 is 5.97 Å². The van der Waals surface area contributed by atoms with Crippen LogP contribution in [0.5, 0.6) is 0 Å². The van der Waals surface area contributed by atoms with E-state index in [-0.39, 0.29) is 16.0 Å². The molecule has 1 aliphatic carbocycles. The van der Waals surface area contributed by atoms with Crippen LogP contribution in [0.3, 0.4) is 0 Å². The van der Waals surface area contributed by atoms with Crippen molar-refractivity contribution in [3.63, 3.8) is 0 Å². The number of hydrogen-bond donors (Lipinski definition) is 2. The molecule has 9 heteroatoms. The quantitative estimate of drug-likeness (QED) is 0.794. The summed E-state index contributed by atoms with van der Waals surface area (Å²) >= 11 is 1.03. The largest absolute Gasteiger partial charge is 0.480 e. The molecule has 0 unspecified atom stereocenters. The van der Waals surface area contributed by atoms with E-state index >= 15 is 0 Å². The van der Waals surface area contributed by atoms with Gasteiger partial charge in [-0.15, -0.1) is 11.3 Å². The monoisotopic (exact) mass is 385 g/mol. The van der Waals surface area contributed by atoms with Gasteiger partial charge < -0.3 is 10.4 Å². The highest BCUT2D eigenvalue weighted by Gasteiger charge is 2.27. The molecule has 2 aromatic rings. The Balaban J connectivity index is 1.75. The van der Waals surface area contributed by atoms with Crippen LogP contribution in [0, 0.1) is 5.92 Å². The van der Waals surface area contributed by atoms with Crippen LogP contribution >= 0.6 is 11.3 Å². The smallest absolute Gasteiger partial charge is 0.326 e. The van der Waals surface area contributed by atoms with Crippen LogP contribution in [-0.2, 0) is 11.8 Å². The molecule has 6 nitrogen and oxygen atoms in total. The van der Waals surface area contributed by atoms with E-state index in [4.69, 9.17) is 0 Å². The topological polar surface area (TPSA) is 84.2 Å². The third-order valence-electron chi connectivity index (χ3n) is 4.87. The summed E-state index contributed by atoms with van der Waals surface area (Å²) in [6.45, 7) is 0. The number of halogens is 2. The third kappa shape index (κ3) is 3.87. The maximum absolute atomic E-state index is 13.0. The molecule has 3 rings (SSSR count). The van der Waals surface area contributed by atoms with Crippen LogP contribution in [0.4, 0.5) is 8.78 Å². The second kappa shape index (κ2) is 7.69. The molecule has 1 aliphatic rings. The first-order valence-corrected chi connectivity index (χ1v) is 9.46. The molecule has 0 radical (unpaired) electrons. The average Bonchev–Trinajstić information content (AvgIpc) is 3.16. The number of carbonyl (C=O) groups excluding carboxylic acids is 1. The summed E-state index contributed by atoms with van der Waals surface area (Å²) in [7, 11) is 1.54. The van der Waals surface area contributed by atoms with E-state index in [9.17, 15) is 23.5 Å². The lowest BCUT2D eigenvalue weighted by Crippen LogP contribution is -2.42. The predicted octanol–water partition coefficient (Wildman–Crippen LogP) is 3.73. The number of hydrogen-bond acceptors (Lipinski definition) is 4. The van der Waals surface area contributed by atoms with Gasteiger partial charge in [0.25, 0.3) is 12.3 Å². The number of alkyl halides is 2. The Morgan fingerprint density at radius 2 is 2.08 bits per heavy atom. The molecule has 2 N–H and O–H groups in total. The van der Waals surface area contributed by atoms with E-state index in [0.717, 1.165) is 37.0 Å². The number of nitrogens with zero attached hydrogens (tertiary/aromatic N) is 2. The Bertz CT molecular complexity index is 812. The number of aromatic nitrogens is 2. The number of carboxylic acids is 1. The normalized spacial score (nSPS) is 16.9. The number of carbonyl (C=O) groups is 2. The van der Waals surface area contributed by atoms with Gasteiger partial charge in [-0.05, 0) is 18.4 Å². The molecule has 1 fully saturated rings. The van der Waals surface area contributed by atoms with Crippen molar-refractivity contribution < 1.29 is 23.5 Å². The highest BCUT2D eigenvalue weighted by atomic mass is 32.1. The number of amides is 1. The first-order chi connectivity index (χ1) is 12.4. The summed E-state index contributed by atoms with van der Waals surface area (Å²) in [6, 6.07) is 0.395. The van der Waals surface area contributed by atoms with Crippen LogP contribution in [0.25, 0.3) is 10.2 Å². The average molecular weight is 385 g/mol. The van der Waals surface area contributed by atoms with Crippen LogP contribution in [0.15, 0.2) is 6.07 Å². The van der Waals surface area contributed by atoms with E-state index < -0.39 is 24.3 Å². The molecule has 1 amide bonds. The maximum Gasteiger partial charge on any atom is 0.326 e. The van der Waals surface area contributed by atoms with Crippen LogP contribution in [0.2, 0.25) is 0 Å². The van der Waals surface area contributed by atoms with Crippen molar-refractivity contribution in [1.29, 1.82) is 0 Å². The molecular weight excluding hydrogens is 364 g/mol. The van der Waals surface area contributed by atoms with Gasteiger partial charge in [0.2, 0.25) is 0 Å². The van der Waals surface area contributed by atoms with Crippen molar-refractivity contribution in [3.8, 4) is 0 Å².